The molecule has 0 atom stereocenters. The van der Waals surface area contributed by atoms with Gasteiger partial charge in [0, 0.05) is 51.2 Å². The lowest BCUT2D eigenvalue weighted by Gasteiger charge is -2.33. The molecule has 4 heterocycles. The SMILES string of the molecule is COc1ccc(-c2noc(CN3CCN(C(=O)c4ccc(CSc5nccn5C)o4)CC3)n2)cc1. The molecule has 10 nitrogen and oxygen atoms in total. The van der Waals surface area contributed by atoms with Crippen molar-refractivity contribution in [1.29, 1.82) is 0 Å². The maximum Gasteiger partial charge on any atom is 0.289 e. The highest BCUT2D eigenvalue weighted by molar-refractivity contribution is 7.98. The normalized spacial score (nSPS) is 14.4. The number of carbonyl (C=O) groups excluding carboxylic acids is 1. The Labute approximate surface area is 206 Å². The van der Waals surface area contributed by atoms with E-state index in [1.165, 1.54) is 0 Å². The van der Waals surface area contributed by atoms with Gasteiger partial charge in [-0.1, -0.05) is 16.9 Å². The van der Waals surface area contributed by atoms with Crippen molar-refractivity contribution in [3.05, 3.63) is 66.2 Å². The number of hydrogen-bond acceptors (Lipinski definition) is 9. The van der Waals surface area contributed by atoms with Gasteiger partial charge in [0.1, 0.15) is 11.5 Å². The minimum atomic E-state index is -0.0857. The number of aryl methyl sites for hydroxylation is 1. The van der Waals surface area contributed by atoms with Crippen LogP contribution in [0.3, 0.4) is 0 Å². The average molecular weight is 495 g/mol. The van der Waals surface area contributed by atoms with E-state index in [9.17, 15) is 4.79 Å². The van der Waals surface area contributed by atoms with Crippen LogP contribution in [0.1, 0.15) is 22.2 Å². The number of hydrogen-bond donors (Lipinski definition) is 0. The van der Waals surface area contributed by atoms with Crippen LogP contribution >= 0.6 is 11.8 Å². The third-order valence-electron chi connectivity index (χ3n) is 5.83. The molecule has 1 aliphatic heterocycles. The molecule has 4 aromatic rings. The highest BCUT2D eigenvalue weighted by Crippen LogP contribution is 2.23. The van der Waals surface area contributed by atoms with Gasteiger partial charge in [-0.05, 0) is 36.4 Å². The molecular formula is C24H26N6O4S. The highest BCUT2D eigenvalue weighted by Gasteiger charge is 2.25. The quantitative estimate of drug-likeness (QED) is 0.341. The number of thioether (sulfide) groups is 1. The van der Waals surface area contributed by atoms with E-state index in [4.69, 9.17) is 13.7 Å². The summed E-state index contributed by atoms with van der Waals surface area (Å²) in [5.41, 5.74) is 0.868. The summed E-state index contributed by atoms with van der Waals surface area (Å²) >= 11 is 1.57. The van der Waals surface area contributed by atoms with Gasteiger partial charge in [-0.2, -0.15) is 4.98 Å². The number of nitrogens with zero attached hydrogens (tertiary/aromatic N) is 6. The summed E-state index contributed by atoms with van der Waals surface area (Å²) in [4.78, 5) is 25.7. The summed E-state index contributed by atoms with van der Waals surface area (Å²) < 4.78 is 18.4. The Morgan fingerprint density at radius 1 is 1.11 bits per heavy atom. The number of benzene rings is 1. The van der Waals surface area contributed by atoms with E-state index >= 15 is 0 Å². The Morgan fingerprint density at radius 2 is 1.91 bits per heavy atom. The lowest BCUT2D eigenvalue weighted by atomic mass is 10.2. The Kier molecular flexibility index (Phi) is 6.87. The molecule has 1 fully saturated rings. The smallest absolute Gasteiger partial charge is 0.289 e. The molecular weight excluding hydrogens is 468 g/mol. The minimum absolute atomic E-state index is 0.0857. The van der Waals surface area contributed by atoms with Gasteiger partial charge < -0.3 is 23.1 Å². The Bertz CT molecular complexity index is 1270. The molecule has 0 bridgehead atoms. The van der Waals surface area contributed by atoms with Crippen LogP contribution in [0.5, 0.6) is 5.75 Å². The van der Waals surface area contributed by atoms with Gasteiger partial charge in [-0.3, -0.25) is 9.69 Å². The summed E-state index contributed by atoms with van der Waals surface area (Å²) in [6.45, 7) is 3.19. The number of ether oxygens (including phenoxy) is 1. The van der Waals surface area contributed by atoms with Gasteiger partial charge in [0.25, 0.3) is 5.91 Å². The van der Waals surface area contributed by atoms with Crippen LogP contribution in [0.4, 0.5) is 0 Å². The van der Waals surface area contributed by atoms with Crippen LogP contribution in [-0.2, 0) is 19.3 Å². The van der Waals surface area contributed by atoms with Crippen LogP contribution in [0.2, 0.25) is 0 Å². The van der Waals surface area contributed by atoms with E-state index < -0.39 is 0 Å². The predicted molar refractivity (Wildman–Crippen MR) is 129 cm³/mol. The summed E-state index contributed by atoms with van der Waals surface area (Å²) in [6.07, 6.45) is 3.66. The first kappa shape index (κ1) is 23.2. The molecule has 1 aromatic carbocycles. The van der Waals surface area contributed by atoms with E-state index in [-0.39, 0.29) is 5.91 Å². The van der Waals surface area contributed by atoms with Gasteiger partial charge in [0.05, 0.1) is 19.4 Å². The Morgan fingerprint density at radius 3 is 2.63 bits per heavy atom. The van der Waals surface area contributed by atoms with Crippen molar-refractivity contribution in [1.82, 2.24) is 29.5 Å². The molecule has 0 aliphatic carbocycles. The predicted octanol–water partition coefficient (Wildman–Crippen LogP) is 3.32. The third-order valence-corrected chi connectivity index (χ3v) is 6.91. The van der Waals surface area contributed by atoms with E-state index in [1.54, 1.807) is 31.1 Å². The fourth-order valence-electron chi connectivity index (χ4n) is 3.83. The van der Waals surface area contributed by atoms with E-state index in [0.717, 1.165) is 22.2 Å². The Hall–Kier alpha value is -3.57. The highest BCUT2D eigenvalue weighted by atomic mass is 32.2. The number of methoxy groups -OCH3 is 1. The summed E-state index contributed by atoms with van der Waals surface area (Å²) in [7, 11) is 3.58. The number of aromatic nitrogens is 4. The maximum atomic E-state index is 12.9. The van der Waals surface area contributed by atoms with E-state index in [2.05, 4.69) is 20.0 Å². The van der Waals surface area contributed by atoms with E-state index in [1.807, 2.05) is 53.0 Å². The molecule has 0 radical (unpaired) electrons. The third kappa shape index (κ3) is 5.41. The van der Waals surface area contributed by atoms with Gasteiger partial charge in [-0.25, -0.2) is 4.98 Å². The zero-order valence-electron chi connectivity index (χ0n) is 19.6. The molecule has 5 rings (SSSR count). The lowest BCUT2D eigenvalue weighted by molar-refractivity contribution is 0.0583. The van der Waals surface area contributed by atoms with Crippen molar-refractivity contribution < 1.29 is 18.5 Å². The van der Waals surface area contributed by atoms with Crippen LogP contribution < -0.4 is 4.74 Å². The number of carbonyl (C=O) groups is 1. The number of piperazine rings is 1. The molecule has 1 amide bonds. The zero-order chi connectivity index (χ0) is 24.2. The average Bonchev–Trinajstić information content (AvgIpc) is 3.64. The van der Waals surface area contributed by atoms with Crippen LogP contribution in [0.15, 0.2) is 62.9 Å². The fourth-order valence-corrected chi connectivity index (χ4v) is 4.66. The molecule has 0 spiro atoms. The van der Waals surface area contributed by atoms with Gasteiger partial charge >= 0.3 is 0 Å². The Balaban J connectivity index is 1.11. The zero-order valence-corrected chi connectivity index (χ0v) is 20.4. The van der Waals surface area contributed by atoms with Crippen molar-refractivity contribution >= 4 is 17.7 Å². The molecule has 182 valence electrons. The summed E-state index contributed by atoms with van der Waals surface area (Å²) in [5, 5.41) is 5.00. The van der Waals surface area contributed by atoms with Gasteiger partial charge in [-0.15, -0.1) is 0 Å². The van der Waals surface area contributed by atoms with Crippen LogP contribution in [0.25, 0.3) is 11.4 Å². The van der Waals surface area contributed by atoms with Crippen molar-refractivity contribution in [3.63, 3.8) is 0 Å². The van der Waals surface area contributed by atoms with Crippen molar-refractivity contribution in [2.75, 3.05) is 33.3 Å². The molecule has 35 heavy (non-hydrogen) atoms. The first-order chi connectivity index (χ1) is 17.1. The molecule has 0 unspecified atom stereocenters. The first-order valence-electron chi connectivity index (χ1n) is 11.3. The van der Waals surface area contributed by atoms with Crippen LogP contribution in [0, 0.1) is 0 Å². The van der Waals surface area contributed by atoms with Crippen molar-refractivity contribution in [2.45, 2.75) is 17.5 Å². The molecule has 11 heteroatoms. The van der Waals surface area contributed by atoms with E-state index in [0.29, 0.717) is 56.0 Å². The molecule has 1 aliphatic rings. The monoisotopic (exact) mass is 494 g/mol. The first-order valence-corrected chi connectivity index (χ1v) is 12.2. The molecule has 1 saturated heterocycles. The largest absolute Gasteiger partial charge is 0.497 e. The topological polar surface area (TPSA) is 103 Å². The van der Waals surface area contributed by atoms with Crippen molar-refractivity contribution in [3.8, 4) is 17.1 Å². The molecule has 0 saturated carbocycles. The molecule has 3 aromatic heterocycles. The fraction of sp³-hybridized carbons (Fsp3) is 0.333. The number of imidazole rings is 1. The maximum absolute atomic E-state index is 12.9. The minimum Gasteiger partial charge on any atom is -0.497 e. The number of rotatable bonds is 8. The van der Waals surface area contributed by atoms with Gasteiger partial charge in [0.15, 0.2) is 10.9 Å². The number of furan rings is 1. The molecule has 0 N–H and O–H groups in total. The second-order valence-electron chi connectivity index (χ2n) is 8.18. The standard InChI is InChI=1S/C24H26N6O4S/c1-28-10-9-25-24(28)35-16-19-7-8-20(33-19)23(31)30-13-11-29(12-14-30)15-21-26-22(27-34-21)17-3-5-18(32-2)6-4-17/h3-10H,11-16H2,1-2H3. The van der Waals surface area contributed by atoms with Gasteiger partial charge in [0.2, 0.25) is 11.7 Å². The van der Waals surface area contributed by atoms with Crippen LogP contribution in [-0.4, -0.2) is 68.7 Å². The summed E-state index contributed by atoms with van der Waals surface area (Å²) in [6, 6.07) is 11.1. The summed E-state index contributed by atoms with van der Waals surface area (Å²) in [5.74, 6) is 3.53. The number of amides is 1. The second-order valence-corrected chi connectivity index (χ2v) is 9.13. The second kappa shape index (κ2) is 10.4. The lowest BCUT2D eigenvalue weighted by Crippen LogP contribution is -2.48. The van der Waals surface area contributed by atoms with Crippen molar-refractivity contribution in [2.24, 2.45) is 7.05 Å².